The Kier molecular flexibility index (Phi) is 5.93. The monoisotopic (exact) mass is 593 g/mol. The van der Waals surface area contributed by atoms with Gasteiger partial charge in [-0.2, -0.15) is 4.58 Å². The second kappa shape index (κ2) is 10.3. The molecule has 0 bridgehead atoms. The van der Waals surface area contributed by atoms with Crippen molar-refractivity contribution in [3.05, 3.63) is 169 Å². The second-order valence-electron chi connectivity index (χ2n) is 11.5. The van der Waals surface area contributed by atoms with E-state index in [0.29, 0.717) is 0 Å². The van der Waals surface area contributed by atoms with E-state index in [0.717, 1.165) is 5.69 Å². The van der Waals surface area contributed by atoms with Crippen molar-refractivity contribution in [3.63, 3.8) is 0 Å². The van der Waals surface area contributed by atoms with Crippen LogP contribution in [0.4, 0.5) is 11.4 Å². The number of hydrogen-bond donors (Lipinski definition) is 0. The topological polar surface area (TPSA) is 7.94 Å². The van der Waals surface area contributed by atoms with E-state index in [1.165, 1.54) is 75.8 Å². The zero-order valence-corrected chi connectivity index (χ0v) is 25.6. The maximum Gasteiger partial charge on any atom is 0.226 e. The highest BCUT2D eigenvalue weighted by Crippen LogP contribution is 2.43. The van der Waals surface area contributed by atoms with E-state index in [1.54, 1.807) is 0 Å². The van der Waals surface area contributed by atoms with E-state index in [1.807, 2.05) is 11.3 Å². The molecule has 2 aromatic heterocycles. The van der Waals surface area contributed by atoms with Crippen LogP contribution in [0.1, 0.15) is 18.1 Å². The molecule has 0 aliphatic carbocycles. The number of rotatable bonds is 5. The molecule has 8 aromatic rings. The molecule has 45 heavy (non-hydrogen) atoms. The molecule has 1 aliphatic rings. The zero-order chi connectivity index (χ0) is 29.9. The Hall–Kier alpha value is -5.51. The van der Waals surface area contributed by atoms with Gasteiger partial charge in [-0.1, -0.05) is 97.1 Å². The van der Waals surface area contributed by atoms with E-state index in [-0.39, 0.29) is 0 Å². The van der Waals surface area contributed by atoms with Crippen LogP contribution >= 0.6 is 11.3 Å². The fraction of sp³-hybridized carbons (Fsp3) is 0.0238. The first-order valence-electron chi connectivity index (χ1n) is 15.4. The molecular formula is C42H29N2S+. The van der Waals surface area contributed by atoms with Crippen LogP contribution in [0.25, 0.3) is 53.2 Å². The van der Waals surface area contributed by atoms with E-state index in [2.05, 4.69) is 174 Å². The van der Waals surface area contributed by atoms with Crippen molar-refractivity contribution in [2.24, 2.45) is 0 Å². The molecular weight excluding hydrogens is 565 g/mol. The average molecular weight is 594 g/mol. The lowest BCUT2D eigenvalue weighted by molar-refractivity contribution is 1.03. The normalized spacial score (nSPS) is 13.4. The predicted octanol–water partition coefficient (Wildman–Crippen LogP) is 11.4. The number of nitrogens with zero attached hydrogens (tertiary/aromatic N) is 2. The Bertz CT molecular complexity index is 2540. The van der Waals surface area contributed by atoms with Gasteiger partial charge in [0.25, 0.3) is 0 Å². The third-order valence-corrected chi connectivity index (χ3v) is 10.1. The first-order chi connectivity index (χ1) is 22.3. The van der Waals surface area contributed by atoms with Gasteiger partial charge in [0.05, 0.1) is 11.0 Å². The van der Waals surface area contributed by atoms with E-state index < -0.39 is 0 Å². The molecule has 0 fully saturated rings. The van der Waals surface area contributed by atoms with Gasteiger partial charge in [0, 0.05) is 60.9 Å². The molecule has 212 valence electrons. The van der Waals surface area contributed by atoms with Gasteiger partial charge in [-0.3, -0.25) is 0 Å². The fourth-order valence-corrected chi connectivity index (χ4v) is 8.23. The summed E-state index contributed by atoms with van der Waals surface area (Å²) in [5.41, 5.74) is 10.9. The maximum atomic E-state index is 2.44. The molecule has 3 heteroatoms. The molecule has 0 radical (unpaired) electrons. The third kappa shape index (κ3) is 3.98. The maximum absolute atomic E-state index is 2.44. The molecule has 0 saturated carbocycles. The Morgan fingerprint density at radius 2 is 1.44 bits per heavy atom. The number of thiophene rings is 1. The highest BCUT2D eigenvalue weighted by Gasteiger charge is 2.35. The lowest BCUT2D eigenvalue weighted by Gasteiger charge is -2.18. The highest BCUT2D eigenvalue weighted by atomic mass is 32.1. The Labute approximate surface area is 265 Å². The van der Waals surface area contributed by atoms with E-state index in [4.69, 9.17) is 0 Å². The lowest BCUT2D eigenvalue weighted by Crippen LogP contribution is -2.27. The summed E-state index contributed by atoms with van der Waals surface area (Å²) in [7, 11) is 0. The lowest BCUT2D eigenvalue weighted by atomic mass is 9.94. The van der Waals surface area contributed by atoms with Crippen molar-refractivity contribution >= 4 is 76.0 Å². The van der Waals surface area contributed by atoms with Gasteiger partial charge in [-0.05, 0) is 54.5 Å². The van der Waals surface area contributed by atoms with Crippen molar-refractivity contribution < 1.29 is 0 Å². The number of para-hydroxylation sites is 3. The molecule has 6 aromatic carbocycles. The molecule has 0 spiro atoms. The minimum absolute atomic E-state index is 1.16. The molecule has 3 heterocycles. The van der Waals surface area contributed by atoms with Gasteiger partial charge >= 0.3 is 0 Å². The van der Waals surface area contributed by atoms with Crippen molar-refractivity contribution in [1.82, 2.24) is 9.14 Å². The first kappa shape index (κ1) is 25.9. The van der Waals surface area contributed by atoms with E-state index in [9.17, 15) is 0 Å². The molecule has 0 N–H and O–H groups in total. The minimum Gasteiger partial charge on any atom is -0.309 e. The largest absolute Gasteiger partial charge is 0.309 e. The van der Waals surface area contributed by atoms with Crippen molar-refractivity contribution in [3.8, 4) is 5.69 Å². The van der Waals surface area contributed by atoms with Gasteiger partial charge < -0.3 is 4.57 Å². The average Bonchev–Trinajstić information content (AvgIpc) is 3.63. The van der Waals surface area contributed by atoms with Crippen molar-refractivity contribution in [2.75, 3.05) is 0 Å². The van der Waals surface area contributed by atoms with Gasteiger partial charge in [0.2, 0.25) is 17.1 Å². The quantitative estimate of drug-likeness (QED) is 0.139. The van der Waals surface area contributed by atoms with Crippen LogP contribution in [0.3, 0.4) is 0 Å². The number of hydrogen-bond acceptors (Lipinski definition) is 1. The summed E-state index contributed by atoms with van der Waals surface area (Å²) in [5.74, 6) is 0. The van der Waals surface area contributed by atoms with Crippen LogP contribution in [-0.2, 0) is 0 Å². The van der Waals surface area contributed by atoms with Gasteiger partial charge in [0.15, 0.2) is 0 Å². The first-order valence-corrected chi connectivity index (χ1v) is 16.2. The van der Waals surface area contributed by atoms with Crippen molar-refractivity contribution in [2.45, 2.75) is 6.92 Å². The molecule has 0 atom stereocenters. The SMILES string of the molecule is C/C=C\C(=C/C1=[N+](c2ccccc2)c2ccccc21)c1cccc(-n2c3ccccc3c3c4sc5ccccc5c4ccc32)c1. The number of allylic oxidation sites excluding steroid dienone is 4. The highest BCUT2D eigenvalue weighted by molar-refractivity contribution is 7.26. The van der Waals surface area contributed by atoms with Crippen LogP contribution in [0.15, 0.2) is 158 Å². The summed E-state index contributed by atoms with van der Waals surface area (Å²) in [5, 5.41) is 5.29. The van der Waals surface area contributed by atoms with Gasteiger partial charge in [-0.25, -0.2) is 0 Å². The summed E-state index contributed by atoms with van der Waals surface area (Å²) in [6.07, 6.45) is 6.69. The number of fused-ring (bicyclic) bond motifs is 8. The fourth-order valence-electron chi connectivity index (χ4n) is 6.97. The Morgan fingerprint density at radius 1 is 0.667 bits per heavy atom. The molecule has 2 nitrogen and oxygen atoms in total. The van der Waals surface area contributed by atoms with Crippen LogP contribution < -0.4 is 4.58 Å². The third-order valence-electron chi connectivity index (χ3n) is 8.93. The van der Waals surface area contributed by atoms with Gasteiger partial charge in [0.1, 0.15) is 5.56 Å². The van der Waals surface area contributed by atoms with Crippen LogP contribution in [0.5, 0.6) is 0 Å². The van der Waals surface area contributed by atoms with Crippen LogP contribution in [-0.4, -0.2) is 10.3 Å². The smallest absolute Gasteiger partial charge is 0.226 e. The second-order valence-corrected chi connectivity index (χ2v) is 12.6. The minimum atomic E-state index is 1.16. The summed E-state index contributed by atoms with van der Waals surface area (Å²) in [4.78, 5) is 0. The zero-order valence-electron chi connectivity index (χ0n) is 24.8. The molecule has 0 amide bonds. The molecule has 0 unspecified atom stereocenters. The molecule has 9 rings (SSSR count). The van der Waals surface area contributed by atoms with E-state index >= 15 is 0 Å². The Balaban J connectivity index is 1.25. The number of aromatic nitrogens is 1. The summed E-state index contributed by atoms with van der Waals surface area (Å²) < 4.78 is 7.48. The van der Waals surface area contributed by atoms with Crippen LogP contribution in [0.2, 0.25) is 0 Å². The molecule has 1 aliphatic heterocycles. The van der Waals surface area contributed by atoms with Crippen molar-refractivity contribution in [1.29, 1.82) is 0 Å². The number of benzene rings is 6. The Morgan fingerprint density at radius 3 is 2.33 bits per heavy atom. The summed E-state index contributed by atoms with van der Waals surface area (Å²) >= 11 is 1.90. The van der Waals surface area contributed by atoms with Gasteiger partial charge in [-0.15, -0.1) is 11.3 Å². The summed E-state index contributed by atoms with van der Waals surface area (Å²) in [6, 6.07) is 50.5. The standard InChI is InChI=1S/C42H29N2S/c1-2-13-28(27-39-34-19-6-9-21-36(34)43(39)30-15-4-3-5-16-30)29-14-12-17-31(26-29)44-37-22-10-7-20-35(37)41-38(44)25-24-33-32-18-8-11-23-40(32)45-42(33)41/h2-27H,1H3/q+1/b13-2-,28-27+. The predicted molar refractivity (Wildman–Crippen MR) is 195 cm³/mol. The molecule has 0 saturated heterocycles. The van der Waals surface area contributed by atoms with Crippen LogP contribution in [0, 0.1) is 0 Å². The summed E-state index contributed by atoms with van der Waals surface area (Å²) in [6.45, 7) is 2.09.